The fraction of sp³-hybridized carbons (Fsp3) is 0.333. The Morgan fingerprint density at radius 1 is 1.03 bits per heavy atom. The van der Waals surface area contributed by atoms with Gasteiger partial charge in [-0.05, 0) is 42.7 Å². The van der Waals surface area contributed by atoms with E-state index in [1.165, 1.54) is 13.1 Å². The summed E-state index contributed by atoms with van der Waals surface area (Å²) < 4.78 is 11.2. The van der Waals surface area contributed by atoms with Gasteiger partial charge >= 0.3 is 0 Å². The first-order chi connectivity index (χ1) is 18.2. The van der Waals surface area contributed by atoms with E-state index in [0.29, 0.717) is 30.3 Å². The van der Waals surface area contributed by atoms with E-state index in [-0.39, 0.29) is 35.0 Å². The molecule has 1 aliphatic heterocycles. The zero-order valence-electron chi connectivity index (χ0n) is 21.3. The number of benzene rings is 1. The molecule has 2 aromatic heterocycles. The highest BCUT2D eigenvalue weighted by Gasteiger charge is 2.32. The Morgan fingerprint density at radius 2 is 1.76 bits per heavy atom. The third-order valence-corrected chi connectivity index (χ3v) is 6.28. The van der Waals surface area contributed by atoms with Gasteiger partial charge in [-0.2, -0.15) is 0 Å². The SMILES string of the molecule is Cc1c(O)[nH]c(O)c1C(=O)[C@H](NC(=O)CC(NC(=O)c1ccccn1)c1ccc2c(c1)OCCO2)C(C)C. The number of aromatic nitrogens is 2. The van der Waals surface area contributed by atoms with Crippen molar-refractivity contribution in [2.45, 2.75) is 39.3 Å². The normalized spacial score (nSPS) is 14.0. The first-order valence-corrected chi connectivity index (χ1v) is 12.2. The molecule has 11 nitrogen and oxygen atoms in total. The van der Waals surface area contributed by atoms with Crippen molar-refractivity contribution in [3.05, 3.63) is 65.0 Å². The van der Waals surface area contributed by atoms with E-state index in [4.69, 9.17) is 9.47 Å². The molecule has 0 spiro atoms. The Bertz CT molecular complexity index is 1340. The van der Waals surface area contributed by atoms with Gasteiger partial charge < -0.3 is 30.3 Å². The molecular formula is C27H30N4O7. The second-order valence-corrected chi connectivity index (χ2v) is 9.32. The van der Waals surface area contributed by atoms with Crippen molar-refractivity contribution in [3.63, 3.8) is 0 Å². The lowest BCUT2D eigenvalue weighted by Crippen LogP contribution is -2.45. The summed E-state index contributed by atoms with van der Waals surface area (Å²) in [6.45, 7) is 5.79. The third kappa shape index (κ3) is 5.72. The van der Waals surface area contributed by atoms with Crippen molar-refractivity contribution in [2.24, 2.45) is 5.92 Å². The number of nitrogens with one attached hydrogen (secondary N) is 3. The average Bonchev–Trinajstić information content (AvgIpc) is 3.17. The molecule has 0 saturated heterocycles. The minimum atomic E-state index is -0.991. The van der Waals surface area contributed by atoms with Crippen molar-refractivity contribution < 1.29 is 34.1 Å². The van der Waals surface area contributed by atoms with Crippen LogP contribution in [0.2, 0.25) is 0 Å². The zero-order chi connectivity index (χ0) is 27.4. The lowest BCUT2D eigenvalue weighted by atomic mass is 9.93. The summed E-state index contributed by atoms with van der Waals surface area (Å²) >= 11 is 0. The van der Waals surface area contributed by atoms with Crippen LogP contribution in [0.1, 0.15) is 58.3 Å². The molecule has 4 rings (SSSR count). The number of H-pyrrole nitrogens is 1. The van der Waals surface area contributed by atoms with Gasteiger partial charge in [0.2, 0.25) is 11.8 Å². The molecule has 1 aliphatic rings. The monoisotopic (exact) mass is 522 g/mol. The van der Waals surface area contributed by atoms with Crippen LogP contribution in [-0.4, -0.2) is 57.0 Å². The fourth-order valence-corrected chi connectivity index (χ4v) is 4.23. The maximum atomic E-state index is 13.3. The van der Waals surface area contributed by atoms with Crippen LogP contribution in [0.5, 0.6) is 23.3 Å². The van der Waals surface area contributed by atoms with Crippen molar-refractivity contribution in [1.82, 2.24) is 20.6 Å². The Morgan fingerprint density at radius 3 is 2.39 bits per heavy atom. The molecule has 0 saturated carbocycles. The van der Waals surface area contributed by atoms with Crippen LogP contribution in [0.4, 0.5) is 0 Å². The number of ether oxygens (including phenoxy) is 2. The molecule has 2 atom stereocenters. The Labute approximate surface area is 219 Å². The molecular weight excluding hydrogens is 492 g/mol. The van der Waals surface area contributed by atoms with E-state index in [1.54, 1.807) is 50.2 Å². The van der Waals surface area contributed by atoms with E-state index in [0.717, 1.165) is 0 Å². The maximum absolute atomic E-state index is 13.3. The number of pyridine rings is 1. The van der Waals surface area contributed by atoms with E-state index >= 15 is 0 Å². The largest absolute Gasteiger partial charge is 0.494 e. The molecule has 0 aliphatic carbocycles. The summed E-state index contributed by atoms with van der Waals surface area (Å²) in [6.07, 6.45) is 1.30. The number of nitrogens with zero attached hydrogens (tertiary/aromatic N) is 1. The lowest BCUT2D eigenvalue weighted by Gasteiger charge is -2.25. The van der Waals surface area contributed by atoms with E-state index < -0.39 is 35.6 Å². The summed E-state index contributed by atoms with van der Waals surface area (Å²) in [5.41, 5.74) is 0.881. The summed E-state index contributed by atoms with van der Waals surface area (Å²) in [5.74, 6) is -1.59. The standard InChI is InChI=1S/C27H30N4O7/c1-14(2)23(24(33)22-15(3)25(34)31-27(22)36)30-21(32)13-18(29-26(35)17-6-4-5-9-28-17)16-7-8-19-20(12-16)38-11-10-37-19/h4-9,12,14,18,23,31,34,36H,10-11,13H2,1-3H3,(H,29,35)(H,30,32)/t18?,23-/m1/s1. The van der Waals surface area contributed by atoms with Crippen molar-refractivity contribution in [3.8, 4) is 23.3 Å². The molecule has 5 N–H and O–H groups in total. The predicted octanol–water partition coefficient (Wildman–Crippen LogP) is 2.79. The minimum Gasteiger partial charge on any atom is -0.494 e. The number of Topliss-reactive ketones (excluding diaryl/α,β-unsaturated/α-hetero) is 1. The second-order valence-electron chi connectivity index (χ2n) is 9.32. The van der Waals surface area contributed by atoms with Crippen LogP contribution in [0.3, 0.4) is 0 Å². The van der Waals surface area contributed by atoms with Crippen molar-refractivity contribution in [1.29, 1.82) is 0 Å². The molecule has 1 aromatic carbocycles. The highest BCUT2D eigenvalue weighted by atomic mass is 16.6. The number of amides is 2. The number of aromatic hydroxyl groups is 2. The predicted molar refractivity (Wildman–Crippen MR) is 136 cm³/mol. The van der Waals surface area contributed by atoms with Crippen LogP contribution < -0.4 is 20.1 Å². The molecule has 38 heavy (non-hydrogen) atoms. The number of ketones is 1. The molecule has 3 heterocycles. The highest BCUT2D eigenvalue weighted by molar-refractivity contribution is 6.05. The Hall–Kier alpha value is -4.54. The number of fused-ring (bicyclic) bond motifs is 1. The zero-order valence-corrected chi connectivity index (χ0v) is 21.3. The van der Waals surface area contributed by atoms with Gasteiger partial charge in [-0.15, -0.1) is 0 Å². The topological polar surface area (TPSA) is 163 Å². The van der Waals surface area contributed by atoms with E-state index in [9.17, 15) is 24.6 Å². The van der Waals surface area contributed by atoms with Gasteiger partial charge in [0.25, 0.3) is 5.91 Å². The van der Waals surface area contributed by atoms with Gasteiger partial charge in [-0.3, -0.25) is 24.4 Å². The molecule has 0 fully saturated rings. The van der Waals surface area contributed by atoms with Gasteiger partial charge in [0.1, 0.15) is 18.9 Å². The molecule has 2 amide bonds. The molecule has 11 heteroatoms. The maximum Gasteiger partial charge on any atom is 0.270 e. The molecule has 0 bridgehead atoms. The number of hydrogen-bond acceptors (Lipinski definition) is 8. The van der Waals surface area contributed by atoms with Gasteiger partial charge in [0.05, 0.1) is 24.1 Å². The first-order valence-electron chi connectivity index (χ1n) is 12.2. The molecule has 200 valence electrons. The number of carbonyl (C=O) groups excluding carboxylic acids is 3. The number of aromatic amines is 1. The molecule has 3 aromatic rings. The van der Waals surface area contributed by atoms with Gasteiger partial charge in [0, 0.05) is 11.8 Å². The van der Waals surface area contributed by atoms with Crippen LogP contribution in [0.15, 0.2) is 42.6 Å². The Balaban J connectivity index is 1.57. The summed E-state index contributed by atoms with van der Waals surface area (Å²) in [6, 6.07) is 8.32. The van der Waals surface area contributed by atoms with E-state index in [1.807, 2.05) is 0 Å². The van der Waals surface area contributed by atoms with Gasteiger partial charge in [-0.25, -0.2) is 0 Å². The van der Waals surface area contributed by atoms with Gasteiger partial charge in [-0.1, -0.05) is 26.0 Å². The lowest BCUT2D eigenvalue weighted by molar-refractivity contribution is -0.122. The third-order valence-electron chi connectivity index (χ3n) is 6.28. The van der Waals surface area contributed by atoms with Crippen LogP contribution in [0.25, 0.3) is 0 Å². The van der Waals surface area contributed by atoms with Crippen LogP contribution in [0, 0.1) is 12.8 Å². The smallest absolute Gasteiger partial charge is 0.270 e. The summed E-state index contributed by atoms with van der Waals surface area (Å²) in [5, 5.41) is 25.6. The highest BCUT2D eigenvalue weighted by Crippen LogP contribution is 2.34. The van der Waals surface area contributed by atoms with Crippen LogP contribution >= 0.6 is 0 Å². The molecule has 0 radical (unpaired) electrons. The number of rotatable bonds is 9. The number of hydrogen-bond donors (Lipinski definition) is 5. The van der Waals surface area contributed by atoms with Crippen molar-refractivity contribution in [2.75, 3.05) is 13.2 Å². The number of carbonyl (C=O) groups is 3. The quantitative estimate of drug-likeness (QED) is 0.268. The Kier molecular flexibility index (Phi) is 7.85. The second kappa shape index (κ2) is 11.2. The summed E-state index contributed by atoms with van der Waals surface area (Å²) in [7, 11) is 0. The van der Waals surface area contributed by atoms with Gasteiger partial charge in [0.15, 0.2) is 23.2 Å². The summed E-state index contributed by atoms with van der Waals surface area (Å²) in [4.78, 5) is 45.8. The average molecular weight is 523 g/mol. The first kappa shape index (κ1) is 26.5. The fourth-order valence-electron chi connectivity index (χ4n) is 4.23. The van der Waals surface area contributed by atoms with E-state index in [2.05, 4.69) is 20.6 Å². The van der Waals surface area contributed by atoms with Crippen LogP contribution in [-0.2, 0) is 4.79 Å². The molecule has 1 unspecified atom stereocenters. The minimum absolute atomic E-state index is 0.0895. The van der Waals surface area contributed by atoms with Crippen molar-refractivity contribution >= 4 is 17.6 Å².